The van der Waals surface area contributed by atoms with Crippen molar-refractivity contribution in [1.82, 2.24) is 0 Å². The van der Waals surface area contributed by atoms with Crippen molar-refractivity contribution in [2.45, 2.75) is 80.1 Å². The van der Waals surface area contributed by atoms with Crippen LogP contribution in [0, 0.1) is 33.5 Å². The highest BCUT2D eigenvalue weighted by molar-refractivity contribution is 5.42. The van der Waals surface area contributed by atoms with Gasteiger partial charge in [-0.05, 0) is 72.0 Å². The van der Waals surface area contributed by atoms with E-state index in [4.69, 9.17) is 0 Å². The Kier molecular flexibility index (Phi) is 2.27. The van der Waals surface area contributed by atoms with Crippen molar-refractivity contribution in [3.8, 4) is 0 Å². The molecule has 0 saturated heterocycles. The van der Waals surface area contributed by atoms with Crippen LogP contribution < -0.4 is 0 Å². The molecule has 0 aromatic heterocycles. The zero-order valence-corrected chi connectivity index (χ0v) is 14.4. The van der Waals surface area contributed by atoms with Crippen molar-refractivity contribution in [3.05, 3.63) is 11.1 Å². The van der Waals surface area contributed by atoms with Gasteiger partial charge in [0.15, 0.2) is 0 Å². The summed E-state index contributed by atoms with van der Waals surface area (Å²) in [5, 5.41) is 0. The molecular weight excluding hydrogens is 240 g/mol. The Bertz CT molecular complexity index is 495. The zero-order valence-electron chi connectivity index (χ0n) is 14.4. The smallest absolute Gasteiger partial charge is 0.0121 e. The highest BCUT2D eigenvalue weighted by atomic mass is 14.8. The Morgan fingerprint density at radius 1 is 1.00 bits per heavy atom. The van der Waals surface area contributed by atoms with Gasteiger partial charge in [-0.15, -0.1) is 0 Å². The van der Waals surface area contributed by atoms with Crippen LogP contribution >= 0.6 is 0 Å². The quantitative estimate of drug-likeness (QED) is 0.476. The fraction of sp³-hybridized carbons (Fsp3) is 0.900. The molecule has 4 rings (SSSR count). The van der Waals surface area contributed by atoms with Crippen LogP contribution in [0.1, 0.15) is 80.1 Å². The fourth-order valence-electron chi connectivity index (χ4n) is 7.30. The minimum absolute atomic E-state index is 0.406. The summed E-state index contributed by atoms with van der Waals surface area (Å²) in [5.41, 5.74) is 6.06. The van der Waals surface area contributed by atoms with Crippen molar-refractivity contribution >= 4 is 0 Å². The number of hydrogen-bond acceptors (Lipinski definition) is 0. The zero-order chi connectivity index (χ0) is 14.6. The summed E-state index contributed by atoms with van der Waals surface area (Å²) in [4.78, 5) is 0. The Labute approximate surface area is 125 Å². The first-order valence-corrected chi connectivity index (χ1v) is 8.86. The van der Waals surface area contributed by atoms with Gasteiger partial charge >= 0.3 is 0 Å². The molecule has 0 N–H and O–H groups in total. The molecule has 0 aliphatic heterocycles. The van der Waals surface area contributed by atoms with Gasteiger partial charge in [0.25, 0.3) is 0 Å². The molecule has 0 amide bonds. The first-order valence-electron chi connectivity index (χ1n) is 8.86. The molecular formula is C20H32. The molecule has 0 bridgehead atoms. The second-order valence-electron chi connectivity index (χ2n) is 10.3. The standard InChI is InChI=1S/C20H32/c1-17(2,3)15-7-8-16-14(15)12-19-11-13(19)9-10-20(16,19)18(4,5)6/h13,16H,7-12H2,1-6H3. The van der Waals surface area contributed by atoms with Gasteiger partial charge in [0.2, 0.25) is 0 Å². The van der Waals surface area contributed by atoms with Gasteiger partial charge in [0, 0.05) is 0 Å². The van der Waals surface area contributed by atoms with Crippen LogP contribution in [-0.4, -0.2) is 0 Å². The summed E-state index contributed by atoms with van der Waals surface area (Å²) in [7, 11) is 0. The molecule has 112 valence electrons. The maximum absolute atomic E-state index is 2.55. The SMILES string of the molecule is CC(C)(C)C1=C2CC34CC3CCC4(C(C)(C)C)C2CC1. The molecule has 0 nitrogen and oxygen atoms in total. The van der Waals surface area contributed by atoms with Crippen molar-refractivity contribution in [3.63, 3.8) is 0 Å². The monoisotopic (exact) mass is 272 g/mol. The Balaban J connectivity index is 1.87. The summed E-state index contributed by atoms with van der Waals surface area (Å²) >= 11 is 0. The molecule has 0 aromatic rings. The average molecular weight is 272 g/mol. The molecule has 4 unspecified atom stereocenters. The Morgan fingerprint density at radius 3 is 2.25 bits per heavy atom. The molecule has 4 aliphatic carbocycles. The molecule has 4 atom stereocenters. The highest BCUT2D eigenvalue weighted by Gasteiger charge is 2.78. The predicted molar refractivity (Wildman–Crippen MR) is 85.5 cm³/mol. The average Bonchev–Trinajstić information content (AvgIpc) is 2.62. The third-order valence-corrected chi connectivity index (χ3v) is 7.84. The van der Waals surface area contributed by atoms with Crippen molar-refractivity contribution in [2.75, 3.05) is 0 Å². The Morgan fingerprint density at radius 2 is 1.70 bits per heavy atom. The van der Waals surface area contributed by atoms with E-state index in [9.17, 15) is 0 Å². The third-order valence-electron chi connectivity index (χ3n) is 7.84. The lowest BCUT2D eigenvalue weighted by Gasteiger charge is -2.49. The van der Waals surface area contributed by atoms with E-state index in [1.807, 2.05) is 11.1 Å². The first kappa shape index (κ1) is 13.4. The summed E-state index contributed by atoms with van der Waals surface area (Å²) in [5.74, 6) is 2.02. The second kappa shape index (κ2) is 3.39. The van der Waals surface area contributed by atoms with Gasteiger partial charge in [-0.1, -0.05) is 52.7 Å². The van der Waals surface area contributed by atoms with E-state index in [0.717, 1.165) is 17.3 Å². The summed E-state index contributed by atoms with van der Waals surface area (Å²) < 4.78 is 0. The lowest BCUT2D eigenvalue weighted by Crippen LogP contribution is -2.43. The van der Waals surface area contributed by atoms with Crippen molar-refractivity contribution in [2.24, 2.45) is 33.5 Å². The lowest BCUT2D eigenvalue weighted by molar-refractivity contribution is -0.00625. The summed E-state index contributed by atoms with van der Waals surface area (Å²) in [6.07, 6.45) is 8.95. The maximum atomic E-state index is 2.55. The molecule has 20 heavy (non-hydrogen) atoms. The van der Waals surface area contributed by atoms with E-state index in [1.165, 1.54) is 32.1 Å². The van der Waals surface area contributed by atoms with Crippen LogP contribution in [0.15, 0.2) is 11.1 Å². The minimum atomic E-state index is 0.406. The summed E-state index contributed by atoms with van der Waals surface area (Å²) in [6.45, 7) is 15.0. The van der Waals surface area contributed by atoms with Gasteiger partial charge in [-0.2, -0.15) is 0 Å². The molecule has 3 fully saturated rings. The maximum Gasteiger partial charge on any atom is -0.0121 e. The molecule has 0 heteroatoms. The van der Waals surface area contributed by atoms with E-state index in [0.29, 0.717) is 16.2 Å². The largest absolute Gasteiger partial charge is 0.0662 e. The van der Waals surface area contributed by atoms with E-state index in [-0.39, 0.29) is 0 Å². The molecule has 1 spiro atoms. The topological polar surface area (TPSA) is 0 Å². The highest BCUT2D eigenvalue weighted by Crippen LogP contribution is 2.86. The van der Waals surface area contributed by atoms with Crippen LogP contribution in [0.3, 0.4) is 0 Å². The van der Waals surface area contributed by atoms with Crippen LogP contribution in [-0.2, 0) is 0 Å². The van der Waals surface area contributed by atoms with Crippen molar-refractivity contribution < 1.29 is 0 Å². The Hall–Kier alpha value is -0.260. The van der Waals surface area contributed by atoms with E-state index in [1.54, 1.807) is 6.42 Å². The van der Waals surface area contributed by atoms with Gasteiger partial charge in [-0.25, -0.2) is 0 Å². The van der Waals surface area contributed by atoms with E-state index >= 15 is 0 Å². The molecule has 3 saturated carbocycles. The van der Waals surface area contributed by atoms with Crippen LogP contribution in [0.5, 0.6) is 0 Å². The van der Waals surface area contributed by atoms with E-state index in [2.05, 4.69) is 41.5 Å². The lowest BCUT2D eigenvalue weighted by atomic mass is 9.55. The van der Waals surface area contributed by atoms with Gasteiger partial charge < -0.3 is 0 Å². The molecule has 0 heterocycles. The van der Waals surface area contributed by atoms with E-state index < -0.39 is 0 Å². The van der Waals surface area contributed by atoms with Gasteiger partial charge in [-0.3, -0.25) is 0 Å². The number of hydrogen-bond donors (Lipinski definition) is 0. The van der Waals surface area contributed by atoms with Crippen LogP contribution in [0.25, 0.3) is 0 Å². The van der Waals surface area contributed by atoms with Crippen molar-refractivity contribution in [1.29, 1.82) is 0 Å². The van der Waals surface area contributed by atoms with Gasteiger partial charge in [0.05, 0.1) is 0 Å². The fourth-order valence-corrected chi connectivity index (χ4v) is 7.30. The molecule has 4 aliphatic rings. The number of rotatable bonds is 0. The third kappa shape index (κ3) is 1.26. The summed E-state index contributed by atoms with van der Waals surface area (Å²) in [6, 6.07) is 0. The predicted octanol–water partition coefficient (Wildman–Crippen LogP) is 5.98. The van der Waals surface area contributed by atoms with Crippen LogP contribution in [0.2, 0.25) is 0 Å². The minimum Gasteiger partial charge on any atom is -0.0662 e. The van der Waals surface area contributed by atoms with Gasteiger partial charge in [0.1, 0.15) is 0 Å². The first-order chi connectivity index (χ1) is 9.13. The number of fused-ring (bicyclic) bond motifs is 2. The number of allylic oxidation sites excluding steroid dienone is 2. The molecule has 0 radical (unpaired) electrons. The normalized spacial score (nSPS) is 46.5. The molecule has 0 aromatic carbocycles. The second-order valence-corrected chi connectivity index (χ2v) is 10.3. The van der Waals surface area contributed by atoms with Crippen LogP contribution in [0.4, 0.5) is 0 Å².